The van der Waals surface area contributed by atoms with Crippen molar-refractivity contribution in [2.75, 3.05) is 18.4 Å². The molecule has 1 saturated heterocycles. The highest BCUT2D eigenvalue weighted by molar-refractivity contribution is 5.96. The predicted octanol–water partition coefficient (Wildman–Crippen LogP) is 2.70. The van der Waals surface area contributed by atoms with E-state index in [1.54, 1.807) is 30.5 Å². The zero-order valence-corrected chi connectivity index (χ0v) is 11.9. The number of hydrogen-bond acceptors (Lipinski definition) is 5. The Labute approximate surface area is 122 Å². The van der Waals surface area contributed by atoms with E-state index in [9.17, 15) is 10.1 Å². The smallest absolute Gasteiger partial charge is 0.278 e. The van der Waals surface area contributed by atoms with E-state index in [1.807, 2.05) is 0 Å². The van der Waals surface area contributed by atoms with Gasteiger partial charge in [-0.1, -0.05) is 0 Å². The predicted molar refractivity (Wildman–Crippen MR) is 82.5 cm³/mol. The van der Waals surface area contributed by atoms with Gasteiger partial charge in [-0.2, -0.15) is 0 Å². The lowest BCUT2D eigenvalue weighted by atomic mass is 9.90. The fraction of sp³-hybridized carbons (Fsp3) is 0.400. The average molecular weight is 286 g/mol. The van der Waals surface area contributed by atoms with Crippen molar-refractivity contribution in [2.24, 2.45) is 0 Å². The molecule has 6 nitrogen and oxygen atoms in total. The third-order valence-electron chi connectivity index (χ3n) is 4.09. The Morgan fingerprint density at radius 1 is 1.33 bits per heavy atom. The number of piperidine rings is 1. The van der Waals surface area contributed by atoms with Crippen molar-refractivity contribution in [3.8, 4) is 0 Å². The first-order valence-corrected chi connectivity index (χ1v) is 7.10. The van der Waals surface area contributed by atoms with Crippen LogP contribution in [-0.2, 0) is 0 Å². The zero-order valence-electron chi connectivity index (χ0n) is 11.9. The normalized spacial score (nSPS) is 17.6. The van der Waals surface area contributed by atoms with Crippen molar-refractivity contribution >= 4 is 22.3 Å². The zero-order chi connectivity index (χ0) is 14.9. The van der Waals surface area contributed by atoms with Crippen molar-refractivity contribution < 1.29 is 4.92 Å². The van der Waals surface area contributed by atoms with Crippen LogP contribution in [0.3, 0.4) is 0 Å². The molecular weight excluding hydrogens is 268 g/mol. The Balaban J connectivity index is 2.03. The summed E-state index contributed by atoms with van der Waals surface area (Å²) in [6, 6.07) is 6.79. The van der Waals surface area contributed by atoms with Crippen molar-refractivity contribution in [3.05, 3.63) is 40.6 Å². The summed E-state index contributed by atoms with van der Waals surface area (Å²) in [5.74, 6) is 0. The molecule has 2 aromatic rings. The molecule has 3 rings (SSSR count). The number of fused-ring (bicyclic) bond motifs is 1. The Bertz CT molecular complexity index is 680. The number of rotatable bonds is 3. The summed E-state index contributed by atoms with van der Waals surface area (Å²) in [7, 11) is 0. The minimum absolute atomic E-state index is 0.00810. The third kappa shape index (κ3) is 2.67. The molecule has 1 aromatic heterocycles. The Morgan fingerprint density at radius 3 is 2.81 bits per heavy atom. The lowest BCUT2D eigenvalue weighted by Gasteiger charge is -2.36. The molecule has 0 amide bonds. The van der Waals surface area contributed by atoms with Crippen LogP contribution < -0.4 is 10.6 Å². The summed E-state index contributed by atoms with van der Waals surface area (Å²) in [5, 5.41) is 18.6. The number of non-ortho nitro benzene ring substituents is 1. The van der Waals surface area contributed by atoms with E-state index in [0.29, 0.717) is 10.9 Å². The molecule has 0 atom stereocenters. The topological polar surface area (TPSA) is 80.1 Å². The molecule has 1 aromatic carbocycles. The SMILES string of the molecule is CC1(Nc2ccc([N+](=O)[O-])c3cccnc23)CCNCC1. The van der Waals surface area contributed by atoms with Gasteiger partial charge in [-0.3, -0.25) is 15.1 Å². The van der Waals surface area contributed by atoms with Gasteiger partial charge in [0.05, 0.1) is 16.0 Å². The minimum Gasteiger partial charge on any atom is -0.378 e. The van der Waals surface area contributed by atoms with E-state index in [-0.39, 0.29) is 16.1 Å². The first-order chi connectivity index (χ1) is 10.1. The molecule has 0 spiro atoms. The number of pyridine rings is 1. The van der Waals surface area contributed by atoms with Gasteiger partial charge < -0.3 is 10.6 Å². The summed E-state index contributed by atoms with van der Waals surface area (Å²) < 4.78 is 0. The van der Waals surface area contributed by atoms with Crippen LogP contribution >= 0.6 is 0 Å². The monoisotopic (exact) mass is 286 g/mol. The van der Waals surface area contributed by atoms with Gasteiger partial charge in [0, 0.05) is 17.8 Å². The number of benzene rings is 1. The molecule has 2 heterocycles. The van der Waals surface area contributed by atoms with Gasteiger partial charge >= 0.3 is 0 Å². The lowest BCUT2D eigenvalue weighted by Crippen LogP contribution is -2.45. The number of nitrogens with zero attached hydrogens (tertiary/aromatic N) is 2. The highest BCUT2D eigenvalue weighted by Gasteiger charge is 2.27. The molecule has 0 radical (unpaired) electrons. The van der Waals surface area contributed by atoms with Crippen LogP contribution in [0.25, 0.3) is 10.9 Å². The van der Waals surface area contributed by atoms with E-state index in [2.05, 4.69) is 22.5 Å². The van der Waals surface area contributed by atoms with Crippen LogP contribution in [0.4, 0.5) is 11.4 Å². The van der Waals surface area contributed by atoms with Crippen LogP contribution in [0.15, 0.2) is 30.5 Å². The molecule has 21 heavy (non-hydrogen) atoms. The van der Waals surface area contributed by atoms with Gasteiger partial charge in [-0.15, -0.1) is 0 Å². The van der Waals surface area contributed by atoms with Gasteiger partial charge in [0.15, 0.2) is 0 Å². The summed E-state index contributed by atoms with van der Waals surface area (Å²) in [6.07, 6.45) is 3.69. The molecule has 6 heteroatoms. The molecule has 1 aliphatic rings. The quantitative estimate of drug-likeness (QED) is 0.670. The number of anilines is 1. The van der Waals surface area contributed by atoms with E-state index in [0.717, 1.165) is 31.6 Å². The second-order valence-corrected chi connectivity index (χ2v) is 5.72. The standard InChI is InChI=1S/C15H18N4O2/c1-15(6-9-16-10-7-15)18-12-4-5-13(19(20)21)11-3-2-8-17-14(11)12/h2-5,8,16,18H,6-7,9-10H2,1H3. The maximum Gasteiger partial charge on any atom is 0.278 e. The molecule has 110 valence electrons. The van der Waals surface area contributed by atoms with E-state index in [4.69, 9.17) is 0 Å². The van der Waals surface area contributed by atoms with Gasteiger partial charge in [0.25, 0.3) is 5.69 Å². The molecule has 0 bridgehead atoms. The first kappa shape index (κ1) is 13.8. The molecule has 0 aliphatic carbocycles. The lowest BCUT2D eigenvalue weighted by molar-refractivity contribution is -0.383. The van der Waals surface area contributed by atoms with Crippen LogP contribution in [0, 0.1) is 10.1 Å². The van der Waals surface area contributed by atoms with Crippen molar-refractivity contribution in [1.82, 2.24) is 10.3 Å². The maximum absolute atomic E-state index is 11.1. The fourth-order valence-electron chi connectivity index (χ4n) is 2.85. The van der Waals surface area contributed by atoms with Gasteiger partial charge in [0.1, 0.15) is 5.52 Å². The summed E-state index contributed by atoms with van der Waals surface area (Å²) in [4.78, 5) is 15.1. The second-order valence-electron chi connectivity index (χ2n) is 5.72. The molecular formula is C15H18N4O2. The number of nitro benzene ring substituents is 1. The van der Waals surface area contributed by atoms with Crippen molar-refractivity contribution in [1.29, 1.82) is 0 Å². The molecule has 2 N–H and O–H groups in total. The molecule has 0 saturated carbocycles. The summed E-state index contributed by atoms with van der Waals surface area (Å²) >= 11 is 0. The second kappa shape index (κ2) is 5.29. The van der Waals surface area contributed by atoms with Crippen LogP contribution in [0.1, 0.15) is 19.8 Å². The van der Waals surface area contributed by atoms with Gasteiger partial charge in [-0.25, -0.2) is 0 Å². The number of hydrogen-bond donors (Lipinski definition) is 2. The van der Waals surface area contributed by atoms with Crippen molar-refractivity contribution in [2.45, 2.75) is 25.3 Å². The minimum atomic E-state index is -0.361. The summed E-state index contributed by atoms with van der Waals surface area (Å²) in [6.45, 7) is 4.13. The van der Waals surface area contributed by atoms with Crippen LogP contribution in [0.2, 0.25) is 0 Å². The summed E-state index contributed by atoms with van der Waals surface area (Å²) in [5.41, 5.74) is 1.61. The molecule has 1 aliphatic heterocycles. The van der Waals surface area contributed by atoms with Crippen molar-refractivity contribution in [3.63, 3.8) is 0 Å². The maximum atomic E-state index is 11.1. The van der Waals surface area contributed by atoms with Crippen LogP contribution in [-0.4, -0.2) is 28.5 Å². The van der Waals surface area contributed by atoms with E-state index < -0.39 is 0 Å². The molecule has 1 fully saturated rings. The Morgan fingerprint density at radius 2 is 2.10 bits per heavy atom. The first-order valence-electron chi connectivity index (χ1n) is 7.10. The molecule has 0 unspecified atom stereocenters. The van der Waals surface area contributed by atoms with Gasteiger partial charge in [0.2, 0.25) is 0 Å². The Hall–Kier alpha value is -2.21. The average Bonchev–Trinajstić information content (AvgIpc) is 2.47. The largest absolute Gasteiger partial charge is 0.378 e. The number of aromatic nitrogens is 1. The van der Waals surface area contributed by atoms with Crippen LogP contribution in [0.5, 0.6) is 0 Å². The van der Waals surface area contributed by atoms with E-state index >= 15 is 0 Å². The Kier molecular flexibility index (Phi) is 3.47. The highest BCUT2D eigenvalue weighted by atomic mass is 16.6. The highest BCUT2D eigenvalue weighted by Crippen LogP contribution is 2.33. The number of nitro groups is 1. The third-order valence-corrected chi connectivity index (χ3v) is 4.09. The fourth-order valence-corrected chi connectivity index (χ4v) is 2.85. The van der Waals surface area contributed by atoms with E-state index in [1.165, 1.54) is 0 Å². The van der Waals surface area contributed by atoms with Gasteiger partial charge in [-0.05, 0) is 51.1 Å². The number of nitrogens with one attached hydrogen (secondary N) is 2.